The van der Waals surface area contributed by atoms with Crippen LogP contribution in [0.3, 0.4) is 0 Å². The van der Waals surface area contributed by atoms with Gasteiger partial charge in [-0.1, -0.05) is 12.1 Å². The summed E-state index contributed by atoms with van der Waals surface area (Å²) in [6.07, 6.45) is 3.40. The molecule has 0 bridgehead atoms. The van der Waals surface area contributed by atoms with E-state index in [1.165, 1.54) is 0 Å². The van der Waals surface area contributed by atoms with Gasteiger partial charge in [-0.25, -0.2) is 4.98 Å². The summed E-state index contributed by atoms with van der Waals surface area (Å²) in [5.74, 6) is 1.03. The number of hydrogen-bond donors (Lipinski definition) is 3. The van der Waals surface area contributed by atoms with Crippen molar-refractivity contribution in [3.8, 4) is 0 Å². The zero-order chi connectivity index (χ0) is 16.9. The van der Waals surface area contributed by atoms with Gasteiger partial charge in [-0.2, -0.15) is 0 Å². The Balaban J connectivity index is 1.38. The Morgan fingerprint density at radius 1 is 1.00 bits per heavy atom. The first-order chi connectivity index (χ1) is 12.2. The van der Waals surface area contributed by atoms with Crippen LogP contribution in [0.1, 0.15) is 12.8 Å². The van der Waals surface area contributed by atoms with Crippen LogP contribution in [0, 0.1) is 0 Å². The number of anilines is 3. The third-order valence-electron chi connectivity index (χ3n) is 5.32. The largest absolute Gasteiger partial charge is 0.369 e. The highest BCUT2D eigenvalue weighted by atomic mass is 16.2. The summed E-state index contributed by atoms with van der Waals surface area (Å²) < 4.78 is 0. The highest BCUT2D eigenvalue weighted by Gasteiger charge is 2.44. The molecule has 4 heterocycles. The second-order valence-electron chi connectivity index (χ2n) is 6.78. The summed E-state index contributed by atoms with van der Waals surface area (Å²) >= 11 is 0. The van der Waals surface area contributed by atoms with Gasteiger partial charge in [0, 0.05) is 24.7 Å². The number of amides is 1. The number of rotatable bonds is 1. The van der Waals surface area contributed by atoms with Gasteiger partial charge in [-0.05, 0) is 43.2 Å². The fourth-order valence-electron chi connectivity index (χ4n) is 3.82. The van der Waals surface area contributed by atoms with Gasteiger partial charge >= 0.3 is 0 Å². The molecule has 2 aliphatic rings. The number of piperidine rings is 1. The third-order valence-corrected chi connectivity index (χ3v) is 5.32. The molecule has 5 rings (SSSR count). The highest BCUT2D eigenvalue weighted by molar-refractivity contribution is 6.06. The van der Waals surface area contributed by atoms with Gasteiger partial charge in [0.15, 0.2) is 0 Å². The molecule has 1 aromatic carbocycles. The molecule has 0 aliphatic carbocycles. The predicted octanol–water partition coefficient (Wildman–Crippen LogP) is 2.97. The zero-order valence-corrected chi connectivity index (χ0v) is 13.7. The molecule has 2 aliphatic heterocycles. The van der Waals surface area contributed by atoms with Crippen molar-refractivity contribution in [2.24, 2.45) is 0 Å². The van der Waals surface area contributed by atoms with Gasteiger partial charge in [0.05, 0.1) is 11.4 Å². The average molecular weight is 333 g/mol. The molecule has 1 amide bonds. The molecular formula is C19H19N5O. The van der Waals surface area contributed by atoms with E-state index in [2.05, 4.69) is 32.7 Å². The maximum absolute atomic E-state index is 12.7. The Labute approximate surface area is 145 Å². The van der Waals surface area contributed by atoms with Gasteiger partial charge in [-0.15, -0.1) is 0 Å². The molecule has 1 saturated heterocycles. The summed E-state index contributed by atoms with van der Waals surface area (Å²) in [6.45, 7) is 1.59. The fraction of sp³-hybridized carbons (Fsp3) is 0.263. The topological polar surface area (TPSA) is 73.1 Å². The molecular weight excluding hydrogens is 314 g/mol. The monoisotopic (exact) mass is 333 g/mol. The first kappa shape index (κ1) is 14.3. The summed E-state index contributed by atoms with van der Waals surface area (Å²) in [5.41, 5.74) is 2.24. The Kier molecular flexibility index (Phi) is 3.00. The molecule has 126 valence electrons. The van der Waals surface area contributed by atoms with Crippen molar-refractivity contribution in [1.29, 1.82) is 0 Å². The summed E-state index contributed by atoms with van der Waals surface area (Å²) in [5, 5.41) is 7.66. The van der Waals surface area contributed by atoms with Gasteiger partial charge in [-0.3, -0.25) is 4.79 Å². The smallest absolute Gasteiger partial charge is 0.250 e. The van der Waals surface area contributed by atoms with E-state index in [-0.39, 0.29) is 5.91 Å². The number of H-pyrrole nitrogens is 1. The van der Waals surface area contributed by atoms with Crippen LogP contribution < -0.4 is 15.5 Å². The lowest BCUT2D eigenvalue weighted by molar-refractivity contribution is -0.121. The molecule has 0 unspecified atom stereocenters. The van der Waals surface area contributed by atoms with E-state index in [0.29, 0.717) is 0 Å². The molecule has 0 radical (unpaired) electrons. The van der Waals surface area contributed by atoms with Crippen LogP contribution in [0.15, 0.2) is 48.7 Å². The Hall–Kier alpha value is -3.02. The molecule has 6 heteroatoms. The van der Waals surface area contributed by atoms with E-state index < -0.39 is 5.54 Å². The minimum atomic E-state index is -0.526. The van der Waals surface area contributed by atoms with Crippen LogP contribution >= 0.6 is 0 Å². The number of para-hydroxylation sites is 2. The molecule has 1 fully saturated rings. The molecule has 3 aromatic rings. The lowest BCUT2D eigenvalue weighted by Crippen LogP contribution is -2.58. The summed E-state index contributed by atoms with van der Waals surface area (Å²) in [6, 6.07) is 14.0. The van der Waals surface area contributed by atoms with E-state index in [1.54, 1.807) is 0 Å². The van der Waals surface area contributed by atoms with E-state index in [9.17, 15) is 4.79 Å². The SMILES string of the molecule is O=C1Nc2ccccc2NC12CCN(c1ccc3cc[nH]c3n1)CC2. The van der Waals surface area contributed by atoms with Gasteiger partial charge in [0.1, 0.15) is 17.0 Å². The number of aromatic nitrogens is 2. The number of hydrogen-bond acceptors (Lipinski definition) is 4. The fourth-order valence-corrected chi connectivity index (χ4v) is 3.82. The van der Waals surface area contributed by atoms with Crippen molar-refractivity contribution in [1.82, 2.24) is 9.97 Å². The number of benzene rings is 1. The Bertz CT molecular complexity index is 955. The van der Waals surface area contributed by atoms with Crippen molar-refractivity contribution >= 4 is 34.1 Å². The number of fused-ring (bicyclic) bond motifs is 2. The van der Waals surface area contributed by atoms with Crippen molar-refractivity contribution in [3.05, 3.63) is 48.7 Å². The lowest BCUT2D eigenvalue weighted by atomic mass is 9.84. The standard InChI is InChI=1S/C19H19N5O/c25-18-19(23-15-4-2-1-3-14(15)21-18)8-11-24(12-9-19)16-6-5-13-7-10-20-17(13)22-16/h1-7,10,23H,8-9,11-12H2,(H,20,22)(H,21,25). The van der Waals surface area contributed by atoms with Crippen LogP contribution in [0.25, 0.3) is 11.0 Å². The normalized spacial score (nSPS) is 18.7. The lowest BCUT2D eigenvalue weighted by Gasteiger charge is -2.44. The van der Waals surface area contributed by atoms with E-state index in [4.69, 9.17) is 4.98 Å². The minimum Gasteiger partial charge on any atom is -0.369 e. The molecule has 25 heavy (non-hydrogen) atoms. The number of pyridine rings is 1. The third kappa shape index (κ3) is 2.25. The van der Waals surface area contributed by atoms with Crippen molar-refractivity contribution in [3.63, 3.8) is 0 Å². The first-order valence-corrected chi connectivity index (χ1v) is 8.61. The van der Waals surface area contributed by atoms with Crippen molar-refractivity contribution in [2.45, 2.75) is 18.4 Å². The van der Waals surface area contributed by atoms with Crippen LogP contribution in [-0.4, -0.2) is 34.5 Å². The van der Waals surface area contributed by atoms with Gasteiger partial charge in [0.2, 0.25) is 5.91 Å². The van der Waals surface area contributed by atoms with E-state index >= 15 is 0 Å². The van der Waals surface area contributed by atoms with E-state index in [1.807, 2.05) is 36.5 Å². The number of aromatic amines is 1. The second kappa shape index (κ2) is 5.24. The van der Waals surface area contributed by atoms with Gasteiger partial charge < -0.3 is 20.5 Å². The average Bonchev–Trinajstić information content (AvgIpc) is 3.11. The Morgan fingerprint density at radius 2 is 1.80 bits per heavy atom. The maximum atomic E-state index is 12.7. The van der Waals surface area contributed by atoms with Crippen molar-refractivity contribution in [2.75, 3.05) is 28.6 Å². The van der Waals surface area contributed by atoms with E-state index in [0.717, 1.165) is 54.2 Å². The summed E-state index contributed by atoms with van der Waals surface area (Å²) in [7, 11) is 0. The molecule has 1 spiro atoms. The highest BCUT2D eigenvalue weighted by Crippen LogP contribution is 2.37. The molecule has 3 N–H and O–H groups in total. The van der Waals surface area contributed by atoms with Crippen molar-refractivity contribution < 1.29 is 4.79 Å². The predicted molar refractivity (Wildman–Crippen MR) is 99.0 cm³/mol. The number of nitrogens with one attached hydrogen (secondary N) is 3. The number of carbonyl (C=O) groups is 1. The summed E-state index contributed by atoms with van der Waals surface area (Å²) in [4.78, 5) is 22.8. The molecule has 6 nitrogen and oxygen atoms in total. The van der Waals surface area contributed by atoms with Crippen LogP contribution in [-0.2, 0) is 4.79 Å². The van der Waals surface area contributed by atoms with Gasteiger partial charge in [0.25, 0.3) is 0 Å². The zero-order valence-electron chi connectivity index (χ0n) is 13.7. The minimum absolute atomic E-state index is 0.0682. The van der Waals surface area contributed by atoms with Crippen LogP contribution in [0.2, 0.25) is 0 Å². The molecule has 0 saturated carbocycles. The molecule has 0 atom stereocenters. The first-order valence-electron chi connectivity index (χ1n) is 8.61. The Morgan fingerprint density at radius 3 is 2.64 bits per heavy atom. The second-order valence-corrected chi connectivity index (χ2v) is 6.78. The number of carbonyl (C=O) groups excluding carboxylic acids is 1. The molecule has 2 aromatic heterocycles. The van der Waals surface area contributed by atoms with Crippen LogP contribution in [0.5, 0.6) is 0 Å². The number of nitrogens with zero attached hydrogens (tertiary/aromatic N) is 2. The van der Waals surface area contributed by atoms with Crippen LogP contribution in [0.4, 0.5) is 17.2 Å². The quantitative estimate of drug-likeness (QED) is 0.640. The maximum Gasteiger partial charge on any atom is 0.250 e.